The number of unbranched alkanes of at least 4 members (excludes halogenated alkanes) is 2. The third kappa shape index (κ3) is 9.08. The molecule has 3 rings (SSSR count). The van der Waals surface area contributed by atoms with Gasteiger partial charge >= 0.3 is 0 Å². The van der Waals surface area contributed by atoms with Gasteiger partial charge in [-0.2, -0.15) is 0 Å². The van der Waals surface area contributed by atoms with Crippen LogP contribution < -0.4 is 15.4 Å². The number of ether oxygens (including phenoxy) is 1. The molecule has 8 nitrogen and oxygen atoms in total. The molecule has 0 saturated carbocycles. The van der Waals surface area contributed by atoms with Crippen molar-refractivity contribution in [3.8, 4) is 5.75 Å². The second kappa shape index (κ2) is 16.0. The van der Waals surface area contributed by atoms with E-state index >= 15 is 0 Å². The number of nitrogens with one attached hydrogen (secondary N) is 2. The highest BCUT2D eigenvalue weighted by molar-refractivity contribution is 5.91. The molecule has 0 spiro atoms. The molecule has 0 bridgehead atoms. The van der Waals surface area contributed by atoms with Crippen LogP contribution in [0.4, 0.5) is 0 Å². The van der Waals surface area contributed by atoms with Crippen molar-refractivity contribution in [2.45, 2.75) is 83.8 Å². The van der Waals surface area contributed by atoms with Gasteiger partial charge in [-0.05, 0) is 43.4 Å². The van der Waals surface area contributed by atoms with Gasteiger partial charge in [0.2, 0.25) is 17.7 Å². The second-order valence-electron chi connectivity index (χ2n) is 10.8. The van der Waals surface area contributed by atoms with Gasteiger partial charge in [-0.3, -0.25) is 14.4 Å². The maximum atomic E-state index is 13.6. The molecule has 1 fully saturated rings. The van der Waals surface area contributed by atoms with E-state index in [0.717, 1.165) is 48.8 Å². The van der Waals surface area contributed by atoms with Crippen LogP contribution >= 0.6 is 0 Å². The predicted molar refractivity (Wildman–Crippen MR) is 156 cm³/mol. The van der Waals surface area contributed by atoms with Crippen LogP contribution in [0.15, 0.2) is 48.5 Å². The summed E-state index contributed by atoms with van der Waals surface area (Å²) >= 11 is 0. The average Bonchev–Trinajstić information content (AvgIpc) is 3.45. The number of likely N-dealkylation sites (tertiary alicyclic amines) is 1. The minimum Gasteiger partial charge on any atom is -0.496 e. The molecule has 2 aromatic carbocycles. The smallest absolute Gasteiger partial charge is 0.245 e. The van der Waals surface area contributed by atoms with Crippen LogP contribution in [-0.4, -0.2) is 60.1 Å². The topological polar surface area (TPSA) is 108 Å². The summed E-state index contributed by atoms with van der Waals surface area (Å²) in [4.78, 5) is 41.9. The number of amides is 3. The van der Waals surface area contributed by atoms with E-state index in [1.807, 2.05) is 55.5 Å². The summed E-state index contributed by atoms with van der Waals surface area (Å²) in [5, 5.41) is 15.7. The lowest BCUT2D eigenvalue weighted by Gasteiger charge is -2.29. The van der Waals surface area contributed by atoms with Gasteiger partial charge in [0.25, 0.3) is 0 Å². The summed E-state index contributed by atoms with van der Waals surface area (Å²) < 4.78 is 5.45. The number of aliphatic hydroxyl groups excluding tert-OH is 1. The summed E-state index contributed by atoms with van der Waals surface area (Å²) in [5.41, 5.74) is 2.87. The van der Waals surface area contributed by atoms with Crippen LogP contribution in [0.25, 0.3) is 0 Å². The summed E-state index contributed by atoms with van der Waals surface area (Å²) in [6, 6.07) is 14.4. The maximum absolute atomic E-state index is 13.6. The zero-order valence-corrected chi connectivity index (χ0v) is 24.2. The van der Waals surface area contributed by atoms with Crippen LogP contribution in [0.2, 0.25) is 0 Å². The van der Waals surface area contributed by atoms with Gasteiger partial charge in [0.1, 0.15) is 11.8 Å². The Balaban J connectivity index is 1.71. The standard InChI is InChI=1S/C32H45N3O5/c1-4-5-7-13-25(20-30(37)33-21-26-16-15-23(2)18-29(26)40-3)31(38)34-28(19-24-11-8-6-9-12-24)32(39)35-17-10-14-27(35)22-36/h6,8-9,11-12,15-16,18,25,27-28,36H,4-5,7,10,13-14,17,19-22H2,1-3H3,(H,33,37)(H,34,38). The Hall–Kier alpha value is -3.39. The van der Waals surface area contributed by atoms with Gasteiger partial charge in [-0.15, -0.1) is 0 Å². The molecule has 3 amide bonds. The number of carbonyl (C=O) groups is 3. The molecule has 0 aromatic heterocycles. The monoisotopic (exact) mass is 551 g/mol. The third-order valence-electron chi connectivity index (χ3n) is 7.65. The van der Waals surface area contributed by atoms with E-state index in [0.29, 0.717) is 31.7 Å². The van der Waals surface area contributed by atoms with Crippen molar-refractivity contribution in [1.29, 1.82) is 0 Å². The molecule has 3 N–H and O–H groups in total. The quantitative estimate of drug-likeness (QED) is 0.291. The molecule has 3 atom stereocenters. The number of methoxy groups -OCH3 is 1. The Morgan fingerprint density at radius 2 is 1.90 bits per heavy atom. The van der Waals surface area contributed by atoms with Gasteiger partial charge in [-0.1, -0.05) is 68.7 Å². The maximum Gasteiger partial charge on any atom is 0.245 e. The summed E-state index contributed by atoms with van der Waals surface area (Å²) in [6.45, 7) is 4.85. The molecule has 1 saturated heterocycles. The van der Waals surface area contributed by atoms with Crippen LogP contribution in [0.3, 0.4) is 0 Å². The molecule has 1 heterocycles. The van der Waals surface area contributed by atoms with Gasteiger partial charge in [-0.25, -0.2) is 0 Å². The molecular formula is C32H45N3O5. The van der Waals surface area contributed by atoms with E-state index in [1.165, 1.54) is 0 Å². The molecule has 1 aliphatic heterocycles. The van der Waals surface area contributed by atoms with Crippen LogP contribution in [0, 0.1) is 12.8 Å². The summed E-state index contributed by atoms with van der Waals surface area (Å²) in [5.74, 6) is -0.525. The van der Waals surface area contributed by atoms with Gasteiger partial charge in [0.05, 0.1) is 19.8 Å². The van der Waals surface area contributed by atoms with Crippen LogP contribution in [0.1, 0.15) is 68.6 Å². The Kier molecular flexibility index (Phi) is 12.5. The lowest BCUT2D eigenvalue weighted by atomic mass is 9.95. The third-order valence-corrected chi connectivity index (χ3v) is 7.65. The molecule has 3 unspecified atom stereocenters. The van der Waals surface area contributed by atoms with Crippen LogP contribution in [0.5, 0.6) is 5.75 Å². The molecule has 2 aromatic rings. The fourth-order valence-electron chi connectivity index (χ4n) is 5.31. The molecule has 218 valence electrons. The lowest BCUT2D eigenvalue weighted by Crippen LogP contribution is -2.53. The SMILES string of the molecule is CCCCCC(CC(=O)NCc1ccc(C)cc1OC)C(=O)NC(Cc1ccccc1)C(=O)N1CCCC1CO. The van der Waals surface area contributed by atoms with E-state index in [4.69, 9.17) is 4.74 Å². The fourth-order valence-corrected chi connectivity index (χ4v) is 5.31. The fraction of sp³-hybridized carbons (Fsp3) is 0.531. The summed E-state index contributed by atoms with van der Waals surface area (Å²) in [6.07, 6.45) is 5.32. The van der Waals surface area contributed by atoms with E-state index in [2.05, 4.69) is 17.6 Å². The molecule has 1 aliphatic rings. The summed E-state index contributed by atoms with van der Waals surface area (Å²) in [7, 11) is 1.60. The van der Waals surface area contributed by atoms with Gasteiger partial charge in [0, 0.05) is 37.4 Å². The van der Waals surface area contributed by atoms with Crippen molar-refractivity contribution >= 4 is 17.7 Å². The number of nitrogens with zero attached hydrogens (tertiary/aromatic N) is 1. The highest BCUT2D eigenvalue weighted by atomic mass is 16.5. The number of rotatable bonds is 15. The van der Waals surface area contributed by atoms with Crippen molar-refractivity contribution in [1.82, 2.24) is 15.5 Å². The Bertz CT molecular complexity index is 1110. The minimum atomic E-state index is -0.768. The average molecular weight is 552 g/mol. The number of aryl methyl sites for hydroxylation is 1. The van der Waals surface area contributed by atoms with Crippen molar-refractivity contribution < 1.29 is 24.2 Å². The van der Waals surface area contributed by atoms with E-state index < -0.39 is 12.0 Å². The van der Waals surface area contributed by atoms with Gasteiger partial charge in [0.15, 0.2) is 0 Å². The number of benzene rings is 2. The molecule has 40 heavy (non-hydrogen) atoms. The normalized spacial score (nSPS) is 16.3. The predicted octanol–water partition coefficient (Wildman–Crippen LogP) is 3.92. The van der Waals surface area contributed by atoms with E-state index in [1.54, 1.807) is 12.0 Å². The zero-order chi connectivity index (χ0) is 28.9. The number of aliphatic hydroxyl groups is 1. The Morgan fingerprint density at radius 3 is 2.60 bits per heavy atom. The first-order valence-electron chi connectivity index (χ1n) is 14.5. The molecule has 0 aliphatic carbocycles. The number of hydrogen-bond acceptors (Lipinski definition) is 5. The number of carbonyl (C=O) groups excluding carboxylic acids is 3. The first kappa shape index (κ1) is 31.1. The number of hydrogen-bond donors (Lipinski definition) is 3. The largest absolute Gasteiger partial charge is 0.496 e. The van der Waals surface area contributed by atoms with Crippen molar-refractivity contribution in [3.05, 3.63) is 65.2 Å². The lowest BCUT2D eigenvalue weighted by molar-refractivity contribution is -0.139. The van der Waals surface area contributed by atoms with Crippen molar-refractivity contribution in [3.63, 3.8) is 0 Å². The molecule has 8 heteroatoms. The molecule has 0 radical (unpaired) electrons. The first-order valence-corrected chi connectivity index (χ1v) is 14.5. The minimum absolute atomic E-state index is 0.0406. The van der Waals surface area contributed by atoms with Crippen molar-refractivity contribution in [2.75, 3.05) is 20.3 Å². The Labute approximate surface area is 238 Å². The van der Waals surface area contributed by atoms with E-state index in [-0.39, 0.29) is 36.8 Å². The molecular weight excluding hydrogens is 506 g/mol. The first-order chi connectivity index (χ1) is 19.4. The second-order valence-corrected chi connectivity index (χ2v) is 10.8. The highest BCUT2D eigenvalue weighted by Crippen LogP contribution is 2.22. The van der Waals surface area contributed by atoms with Crippen LogP contribution in [-0.2, 0) is 27.3 Å². The Morgan fingerprint density at radius 1 is 1.12 bits per heavy atom. The highest BCUT2D eigenvalue weighted by Gasteiger charge is 2.35. The van der Waals surface area contributed by atoms with E-state index in [9.17, 15) is 19.5 Å². The van der Waals surface area contributed by atoms with Gasteiger partial charge < -0.3 is 25.4 Å². The zero-order valence-electron chi connectivity index (χ0n) is 24.2. The van der Waals surface area contributed by atoms with Crippen molar-refractivity contribution in [2.24, 2.45) is 5.92 Å².